The molecule has 3 heterocycles. The summed E-state index contributed by atoms with van der Waals surface area (Å²) in [5, 5.41) is 2.32. The summed E-state index contributed by atoms with van der Waals surface area (Å²) in [5.74, 6) is 0. The predicted octanol–water partition coefficient (Wildman–Crippen LogP) is 6.89. The van der Waals surface area contributed by atoms with Crippen LogP contribution < -0.4 is 14.1 Å². The fraction of sp³-hybridized carbons (Fsp3) is 0. The van der Waals surface area contributed by atoms with Gasteiger partial charge in [0.2, 0.25) is 11.4 Å². The van der Waals surface area contributed by atoms with Gasteiger partial charge in [0, 0.05) is 48.8 Å². The first kappa shape index (κ1) is 22.7. The van der Waals surface area contributed by atoms with Crippen molar-refractivity contribution >= 4 is 50.6 Å². The van der Waals surface area contributed by atoms with Crippen molar-refractivity contribution in [2.75, 3.05) is 0 Å². The van der Waals surface area contributed by atoms with Crippen LogP contribution >= 0.6 is 0 Å². The number of fused-ring (bicyclic) bond motifs is 4. The van der Waals surface area contributed by atoms with Crippen molar-refractivity contribution in [3.8, 4) is 0 Å². The molecule has 2 aromatic heterocycles. The first-order valence-electron chi connectivity index (χ1n) is 11.2. The summed E-state index contributed by atoms with van der Waals surface area (Å²) in [6, 6.07) is 42.5. The number of rotatable bonds is 2. The number of nitrogens with zero attached hydrogens (tertiary/aromatic N) is 4. The SMILES string of the molecule is C1=[N+](c2ccccc2)c2ccccc2[N+]=1c1ccccc1.[Au+].c1ccc2c(c1)[n-]c1ccncc12. The third-order valence-corrected chi connectivity index (χ3v) is 5.83. The smallest absolute Gasteiger partial charge is 0.657 e. The van der Waals surface area contributed by atoms with Gasteiger partial charge in [-0.2, -0.15) is 0 Å². The molecule has 0 N–H and O–H groups in total. The molecular weight excluding hydrogens is 613 g/mol. The average molecular weight is 634 g/mol. The fourth-order valence-corrected chi connectivity index (χ4v) is 4.22. The molecule has 5 heteroatoms. The molecule has 4 aromatic carbocycles. The Bertz CT molecular complexity index is 1560. The summed E-state index contributed by atoms with van der Waals surface area (Å²) < 4.78 is 4.20. The van der Waals surface area contributed by atoms with Crippen LogP contribution in [0.25, 0.3) is 21.8 Å². The van der Waals surface area contributed by atoms with Crippen molar-refractivity contribution in [1.29, 1.82) is 0 Å². The number of benzene rings is 4. The van der Waals surface area contributed by atoms with E-state index in [0.29, 0.717) is 0 Å². The van der Waals surface area contributed by atoms with Crippen LogP contribution in [0.2, 0.25) is 0 Å². The van der Waals surface area contributed by atoms with E-state index in [1.807, 2.05) is 66.9 Å². The van der Waals surface area contributed by atoms with Gasteiger partial charge in [0.15, 0.2) is 0 Å². The maximum atomic E-state index is 4.48. The van der Waals surface area contributed by atoms with E-state index >= 15 is 0 Å². The van der Waals surface area contributed by atoms with Gasteiger partial charge in [-0.15, -0.1) is 11.0 Å². The van der Waals surface area contributed by atoms with Crippen LogP contribution in [0.15, 0.2) is 128 Å². The molecule has 4 nitrogen and oxygen atoms in total. The molecule has 0 spiro atoms. The van der Waals surface area contributed by atoms with E-state index in [4.69, 9.17) is 0 Å². The van der Waals surface area contributed by atoms with Crippen LogP contribution in [-0.4, -0.2) is 11.0 Å². The van der Waals surface area contributed by atoms with Crippen molar-refractivity contribution in [2.45, 2.75) is 0 Å². The predicted molar refractivity (Wildman–Crippen MR) is 140 cm³/mol. The third kappa shape index (κ3) is 4.40. The van der Waals surface area contributed by atoms with Crippen molar-refractivity contribution in [3.63, 3.8) is 0 Å². The molecule has 0 fully saturated rings. The van der Waals surface area contributed by atoms with Crippen LogP contribution in [-0.2, 0) is 22.4 Å². The molecule has 0 atom stereocenters. The maximum Gasteiger partial charge on any atom is 1.00 e. The molecule has 0 saturated carbocycles. The second kappa shape index (κ2) is 10.1. The van der Waals surface area contributed by atoms with Crippen LogP contribution in [0.3, 0.4) is 0 Å². The van der Waals surface area contributed by atoms with Gasteiger partial charge in [-0.25, -0.2) is 0 Å². The minimum atomic E-state index is 0. The van der Waals surface area contributed by atoms with Crippen molar-refractivity contribution in [2.24, 2.45) is 0 Å². The molecule has 1 aliphatic rings. The molecule has 170 valence electrons. The van der Waals surface area contributed by atoms with Gasteiger partial charge in [-0.05, 0) is 19.9 Å². The molecule has 0 radical (unpaired) electrons. The molecular formula is C30H21AuN4+2. The number of aromatic nitrogens is 2. The average Bonchev–Trinajstić information content (AvgIpc) is 3.49. The van der Waals surface area contributed by atoms with E-state index in [9.17, 15) is 0 Å². The Morgan fingerprint density at radius 1 is 0.543 bits per heavy atom. The second-order valence-electron chi connectivity index (χ2n) is 7.95. The summed E-state index contributed by atoms with van der Waals surface area (Å²) in [6.07, 6.45) is 3.64. The normalized spacial score (nSPS) is 11.7. The molecule has 0 aliphatic carbocycles. The summed E-state index contributed by atoms with van der Waals surface area (Å²) in [7, 11) is 0. The van der Waals surface area contributed by atoms with Crippen molar-refractivity contribution < 1.29 is 22.4 Å². The first-order valence-corrected chi connectivity index (χ1v) is 11.2. The first-order chi connectivity index (χ1) is 16.9. The van der Waals surface area contributed by atoms with Gasteiger partial charge in [-0.1, -0.05) is 78.9 Å². The van der Waals surface area contributed by atoms with E-state index in [1.54, 1.807) is 6.20 Å². The Hall–Kier alpha value is -4.05. The van der Waals surface area contributed by atoms with Crippen LogP contribution in [0, 0.1) is 0 Å². The Morgan fingerprint density at radius 2 is 1.06 bits per heavy atom. The topological polar surface area (TPSA) is 33.0 Å². The summed E-state index contributed by atoms with van der Waals surface area (Å²) >= 11 is 0. The quantitative estimate of drug-likeness (QED) is 0.153. The minimum Gasteiger partial charge on any atom is -0.657 e. The van der Waals surface area contributed by atoms with Crippen molar-refractivity contribution in [3.05, 3.63) is 128 Å². The van der Waals surface area contributed by atoms with E-state index in [-0.39, 0.29) is 22.4 Å². The van der Waals surface area contributed by atoms with Crippen LogP contribution in [0.5, 0.6) is 0 Å². The number of hydrogen-bond donors (Lipinski definition) is 0. The van der Waals surface area contributed by atoms with Gasteiger partial charge >= 0.3 is 28.4 Å². The summed E-state index contributed by atoms with van der Waals surface area (Å²) in [5.41, 5.74) is 6.59. The summed E-state index contributed by atoms with van der Waals surface area (Å²) in [6.45, 7) is 0. The molecule has 6 aromatic rings. The van der Waals surface area contributed by atoms with E-state index in [0.717, 1.165) is 39.2 Å². The summed E-state index contributed by atoms with van der Waals surface area (Å²) in [4.78, 5) is 8.57. The van der Waals surface area contributed by atoms with Crippen LogP contribution in [0.4, 0.5) is 22.7 Å². The Labute approximate surface area is 219 Å². The van der Waals surface area contributed by atoms with E-state index in [2.05, 4.69) is 79.7 Å². The van der Waals surface area contributed by atoms with Gasteiger partial charge in [0.25, 0.3) is 11.4 Å². The second-order valence-corrected chi connectivity index (χ2v) is 7.95. The molecule has 1 aliphatic heterocycles. The van der Waals surface area contributed by atoms with Crippen molar-refractivity contribution in [1.82, 2.24) is 19.1 Å². The van der Waals surface area contributed by atoms with E-state index in [1.165, 1.54) is 5.39 Å². The Balaban J connectivity index is 0.000000156. The molecule has 35 heavy (non-hydrogen) atoms. The largest absolute Gasteiger partial charge is 1.00 e. The minimum absolute atomic E-state index is 0. The Morgan fingerprint density at radius 3 is 1.69 bits per heavy atom. The van der Waals surface area contributed by atoms with Gasteiger partial charge < -0.3 is 4.98 Å². The number of pyridine rings is 1. The van der Waals surface area contributed by atoms with Gasteiger partial charge in [0.05, 0.1) is 0 Å². The monoisotopic (exact) mass is 634 g/mol. The molecule has 0 bridgehead atoms. The van der Waals surface area contributed by atoms with Gasteiger partial charge in [-0.3, -0.25) is 4.98 Å². The van der Waals surface area contributed by atoms with E-state index < -0.39 is 0 Å². The number of hydrogen-bond acceptors (Lipinski definition) is 1. The molecule has 0 amide bonds. The van der Waals surface area contributed by atoms with Crippen LogP contribution in [0.1, 0.15) is 0 Å². The molecule has 0 saturated heterocycles. The zero-order chi connectivity index (χ0) is 22.7. The maximum absolute atomic E-state index is 4.48. The van der Waals surface area contributed by atoms with Gasteiger partial charge in [0.1, 0.15) is 0 Å². The standard InChI is InChI=1S/C19H14N2.C11H7N2.Au/c1-3-9-16(10-4-1)20-15-21(17-11-5-2-6-12-17)19-14-8-7-13-18(19)20;1-2-4-10-8(3-1)9-7-12-6-5-11(9)13-10;/h1-14H;1-7H;/q+2;-1;+1. The Kier molecular flexibility index (Phi) is 6.53. The zero-order valence-corrected chi connectivity index (χ0v) is 20.9. The molecule has 0 unspecified atom stereocenters. The number of para-hydroxylation sites is 5. The fourth-order valence-electron chi connectivity index (χ4n) is 4.22. The molecule has 7 rings (SSSR count). The third-order valence-electron chi connectivity index (χ3n) is 5.83. The zero-order valence-electron chi connectivity index (χ0n) is 18.7.